The maximum atomic E-state index is 13.1. The number of morpholine rings is 1. The number of hydrogen-bond acceptors (Lipinski definition) is 8. The van der Waals surface area contributed by atoms with Gasteiger partial charge in [-0.15, -0.1) is 0 Å². The van der Waals surface area contributed by atoms with Crippen molar-refractivity contribution in [1.82, 2.24) is 9.29 Å². The van der Waals surface area contributed by atoms with Crippen LogP contribution in [-0.2, 0) is 24.2 Å². The van der Waals surface area contributed by atoms with E-state index < -0.39 is 16.0 Å². The Labute approximate surface area is 152 Å². The molecule has 3 heterocycles. The molecule has 2 fully saturated rings. The van der Waals surface area contributed by atoms with Crippen LogP contribution in [0.1, 0.15) is 23.2 Å². The molecule has 9 nitrogen and oxygen atoms in total. The van der Waals surface area contributed by atoms with E-state index in [0.717, 1.165) is 12.8 Å². The predicted octanol–water partition coefficient (Wildman–Crippen LogP) is 0.480. The molecule has 1 atom stereocenters. The Hall–Kier alpha value is -1.75. The largest absolute Gasteiger partial charge is 0.465 e. The SMILES string of the molecule is COC(=O)c1cnc(NC[C@@H]2CCCO2)c(S(=O)(=O)N2CCOCC2)c1. The molecule has 1 aromatic rings. The summed E-state index contributed by atoms with van der Waals surface area (Å²) in [7, 11) is -2.58. The number of sulfonamides is 1. The zero-order chi connectivity index (χ0) is 18.6. The van der Waals surface area contributed by atoms with Crippen molar-refractivity contribution in [3.05, 3.63) is 17.8 Å². The third-order valence-corrected chi connectivity index (χ3v) is 6.29. The molecule has 0 amide bonds. The van der Waals surface area contributed by atoms with Gasteiger partial charge in [-0.2, -0.15) is 4.31 Å². The number of ether oxygens (including phenoxy) is 3. The Bertz CT molecular complexity index is 742. The first kappa shape index (κ1) is 19.0. The average molecular weight is 385 g/mol. The van der Waals surface area contributed by atoms with Gasteiger partial charge in [0.05, 0.1) is 32.0 Å². The van der Waals surface area contributed by atoms with Crippen LogP contribution >= 0.6 is 0 Å². The topological polar surface area (TPSA) is 107 Å². The molecule has 144 valence electrons. The van der Waals surface area contributed by atoms with Gasteiger partial charge >= 0.3 is 5.97 Å². The highest BCUT2D eigenvalue weighted by Gasteiger charge is 2.31. The number of anilines is 1. The molecule has 2 aliphatic heterocycles. The van der Waals surface area contributed by atoms with Crippen LogP contribution in [0.4, 0.5) is 5.82 Å². The molecule has 10 heteroatoms. The number of aromatic nitrogens is 1. The van der Waals surface area contributed by atoms with Crippen LogP contribution < -0.4 is 5.32 Å². The molecular formula is C16H23N3O6S. The van der Waals surface area contributed by atoms with Crippen molar-refractivity contribution in [2.75, 3.05) is 51.9 Å². The number of hydrogen-bond donors (Lipinski definition) is 1. The number of esters is 1. The van der Waals surface area contributed by atoms with Crippen molar-refractivity contribution in [3.8, 4) is 0 Å². The fourth-order valence-electron chi connectivity index (χ4n) is 2.95. The van der Waals surface area contributed by atoms with Crippen LogP contribution in [0.2, 0.25) is 0 Å². The molecule has 0 bridgehead atoms. The minimum absolute atomic E-state index is 0.0241. The van der Waals surface area contributed by atoms with Gasteiger partial charge in [0.25, 0.3) is 0 Å². The summed E-state index contributed by atoms with van der Waals surface area (Å²) >= 11 is 0. The molecule has 2 aliphatic rings. The van der Waals surface area contributed by atoms with E-state index in [1.807, 2.05) is 0 Å². The van der Waals surface area contributed by atoms with Crippen LogP contribution in [0.5, 0.6) is 0 Å². The highest BCUT2D eigenvalue weighted by Crippen LogP contribution is 2.25. The van der Waals surface area contributed by atoms with E-state index in [1.54, 1.807) is 0 Å². The average Bonchev–Trinajstić information content (AvgIpc) is 3.20. The fourth-order valence-corrected chi connectivity index (χ4v) is 4.50. The lowest BCUT2D eigenvalue weighted by Gasteiger charge is -2.27. The van der Waals surface area contributed by atoms with Crippen LogP contribution in [0.3, 0.4) is 0 Å². The summed E-state index contributed by atoms with van der Waals surface area (Å²) in [6.07, 6.45) is 3.23. The van der Waals surface area contributed by atoms with Gasteiger partial charge in [0.1, 0.15) is 10.7 Å². The second-order valence-corrected chi connectivity index (χ2v) is 8.00. The highest BCUT2D eigenvalue weighted by molar-refractivity contribution is 7.89. The summed E-state index contributed by atoms with van der Waals surface area (Å²) < 4.78 is 43.0. The molecule has 0 unspecified atom stereocenters. The lowest BCUT2D eigenvalue weighted by atomic mass is 10.2. The minimum atomic E-state index is -3.82. The molecule has 2 saturated heterocycles. The van der Waals surface area contributed by atoms with Crippen molar-refractivity contribution in [2.45, 2.75) is 23.8 Å². The first-order valence-corrected chi connectivity index (χ1v) is 9.98. The first-order valence-electron chi connectivity index (χ1n) is 8.54. The van der Waals surface area contributed by atoms with E-state index in [0.29, 0.717) is 26.4 Å². The van der Waals surface area contributed by atoms with Crippen LogP contribution in [-0.4, -0.2) is 76.3 Å². The Morgan fingerprint density at radius 2 is 2.15 bits per heavy atom. The monoisotopic (exact) mass is 385 g/mol. The highest BCUT2D eigenvalue weighted by atomic mass is 32.2. The molecule has 1 aromatic heterocycles. The summed E-state index contributed by atoms with van der Waals surface area (Å²) in [5.41, 5.74) is 0.0852. The number of nitrogens with one attached hydrogen (secondary N) is 1. The van der Waals surface area contributed by atoms with Crippen LogP contribution in [0, 0.1) is 0 Å². The maximum Gasteiger partial charge on any atom is 0.339 e. The number of rotatable bonds is 6. The van der Waals surface area contributed by atoms with E-state index >= 15 is 0 Å². The summed E-state index contributed by atoms with van der Waals surface area (Å²) in [4.78, 5) is 15.9. The first-order chi connectivity index (χ1) is 12.5. The Morgan fingerprint density at radius 1 is 1.38 bits per heavy atom. The van der Waals surface area contributed by atoms with Gasteiger partial charge in [-0.1, -0.05) is 0 Å². The lowest BCUT2D eigenvalue weighted by molar-refractivity contribution is 0.0599. The van der Waals surface area contributed by atoms with E-state index in [2.05, 4.69) is 15.0 Å². The van der Waals surface area contributed by atoms with Crippen LogP contribution in [0.25, 0.3) is 0 Å². The third kappa shape index (κ3) is 4.14. The molecule has 1 N–H and O–H groups in total. The number of nitrogens with zero attached hydrogens (tertiary/aromatic N) is 2. The second-order valence-electron chi connectivity index (χ2n) is 6.09. The van der Waals surface area contributed by atoms with Crippen molar-refractivity contribution in [1.29, 1.82) is 0 Å². The normalized spacial score (nSPS) is 21.5. The summed E-state index contributed by atoms with van der Waals surface area (Å²) in [6.45, 7) is 2.35. The maximum absolute atomic E-state index is 13.1. The van der Waals surface area contributed by atoms with Gasteiger partial charge in [0.15, 0.2) is 0 Å². The van der Waals surface area contributed by atoms with Gasteiger partial charge in [0.2, 0.25) is 10.0 Å². The van der Waals surface area contributed by atoms with Gasteiger partial charge in [-0.3, -0.25) is 0 Å². The summed E-state index contributed by atoms with van der Waals surface area (Å²) in [5.74, 6) is -0.429. The Kier molecular flexibility index (Phi) is 6.07. The molecule has 0 saturated carbocycles. The van der Waals surface area contributed by atoms with E-state index in [4.69, 9.17) is 9.47 Å². The Morgan fingerprint density at radius 3 is 2.81 bits per heavy atom. The Balaban J connectivity index is 1.90. The van der Waals surface area contributed by atoms with Crippen LogP contribution in [0.15, 0.2) is 17.2 Å². The molecule has 0 spiro atoms. The number of carbonyl (C=O) groups excluding carboxylic acids is 1. The number of carbonyl (C=O) groups is 1. The van der Waals surface area contributed by atoms with Gasteiger partial charge in [-0.25, -0.2) is 18.2 Å². The quantitative estimate of drug-likeness (QED) is 0.705. The zero-order valence-electron chi connectivity index (χ0n) is 14.6. The minimum Gasteiger partial charge on any atom is -0.465 e. The fraction of sp³-hybridized carbons (Fsp3) is 0.625. The van der Waals surface area contributed by atoms with Gasteiger partial charge in [-0.05, 0) is 18.9 Å². The zero-order valence-corrected chi connectivity index (χ0v) is 15.5. The van der Waals surface area contributed by atoms with E-state index in [1.165, 1.54) is 23.7 Å². The molecule has 0 aliphatic carbocycles. The van der Waals surface area contributed by atoms with Gasteiger partial charge < -0.3 is 19.5 Å². The molecule has 3 rings (SSSR count). The molecular weight excluding hydrogens is 362 g/mol. The van der Waals surface area contributed by atoms with E-state index in [9.17, 15) is 13.2 Å². The molecule has 0 aromatic carbocycles. The van der Waals surface area contributed by atoms with Crippen molar-refractivity contribution >= 4 is 21.8 Å². The molecule has 26 heavy (non-hydrogen) atoms. The molecule has 0 radical (unpaired) electrons. The van der Waals surface area contributed by atoms with E-state index in [-0.39, 0.29) is 35.5 Å². The van der Waals surface area contributed by atoms with Gasteiger partial charge in [0, 0.05) is 32.4 Å². The van der Waals surface area contributed by atoms with Crippen molar-refractivity contribution in [2.24, 2.45) is 0 Å². The summed E-state index contributed by atoms with van der Waals surface area (Å²) in [6, 6.07) is 1.31. The lowest BCUT2D eigenvalue weighted by Crippen LogP contribution is -2.41. The predicted molar refractivity (Wildman–Crippen MR) is 92.6 cm³/mol. The smallest absolute Gasteiger partial charge is 0.339 e. The standard InChI is InChI=1S/C16H23N3O6S/c1-23-16(20)12-9-14(26(21,22)19-4-7-24-8-5-19)15(17-10-12)18-11-13-3-2-6-25-13/h9-10,13H,2-8,11H2,1H3,(H,17,18)/t13-/m0/s1. The summed E-state index contributed by atoms with van der Waals surface area (Å²) in [5, 5.41) is 3.06. The van der Waals surface area contributed by atoms with Crippen molar-refractivity contribution < 1.29 is 27.4 Å². The third-order valence-electron chi connectivity index (χ3n) is 4.38. The number of methoxy groups -OCH3 is 1. The number of pyridine rings is 1. The van der Waals surface area contributed by atoms with Crippen molar-refractivity contribution in [3.63, 3.8) is 0 Å². The second kappa shape index (κ2) is 8.30.